The molecule has 2 nitrogen and oxygen atoms in total. The van der Waals surface area contributed by atoms with Crippen LogP contribution in [0.1, 0.15) is 30.9 Å². The van der Waals surface area contributed by atoms with E-state index in [1.54, 1.807) is 6.07 Å². The number of halogens is 1. The van der Waals surface area contributed by atoms with Gasteiger partial charge in [-0.05, 0) is 42.5 Å². The molecule has 0 bridgehead atoms. The van der Waals surface area contributed by atoms with Crippen molar-refractivity contribution in [3.63, 3.8) is 0 Å². The highest BCUT2D eigenvalue weighted by Gasteiger charge is 2.52. The fraction of sp³-hybridized carbons (Fsp3) is 0.417. The SMILES string of the molecule is CCc1ccc(F)cc1C1(C(=O)O)CC1. The summed E-state index contributed by atoms with van der Waals surface area (Å²) in [4.78, 5) is 11.1. The van der Waals surface area contributed by atoms with Crippen LogP contribution in [0.2, 0.25) is 0 Å². The molecule has 2 rings (SSSR count). The molecule has 1 aromatic rings. The van der Waals surface area contributed by atoms with Gasteiger partial charge in [0.25, 0.3) is 0 Å². The zero-order valence-corrected chi connectivity index (χ0v) is 8.59. The Labute approximate surface area is 87.7 Å². The predicted molar refractivity (Wildman–Crippen MR) is 54.3 cm³/mol. The molecule has 0 spiro atoms. The smallest absolute Gasteiger partial charge is 0.314 e. The largest absolute Gasteiger partial charge is 0.481 e. The van der Waals surface area contributed by atoms with E-state index in [2.05, 4.69) is 0 Å². The van der Waals surface area contributed by atoms with Gasteiger partial charge in [-0.1, -0.05) is 13.0 Å². The Morgan fingerprint density at radius 3 is 2.67 bits per heavy atom. The lowest BCUT2D eigenvalue weighted by atomic mass is 9.90. The predicted octanol–water partition coefficient (Wildman–Crippen LogP) is 2.50. The van der Waals surface area contributed by atoms with Gasteiger partial charge in [-0.2, -0.15) is 0 Å². The van der Waals surface area contributed by atoms with Gasteiger partial charge >= 0.3 is 5.97 Å². The number of benzene rings is 1. The molecule has 0 amide bonds. The quantitative estimate of drug-likeness (QED) is 0.828. The molecule has 0 aromatic heterocycles. The minimum absolute atomic E-state index is 0.352. The lowest BCUT2D eigenvalue weighted by Crippen LogP contribution is -2.21. The third-order valence-electron chi connectivity index (χ3n) is 3.13. The fourth-order valence-corrected chi connectivity index (χ4v) is 2.03. The Morgan fingerprint density at radius 1 is 1.53 bits per heavy atom. The summed E-state index contributed by atoms with van der Waals surface area (Å²) < 4.78 is 13.1. The first-order valence-electron chi connectivity index (χ1n) is 5.12. The molecule has 0 atom stereocenters. The molecule has 1 fully saturated rings. The van der Waals surface area contributed by atoms with Crippen LogP contribution in [0.5, 0.6) is 0 Å². The third-order valence-corrected chi connectivity index (χ3v) is 3.13. The van der Waals surface area contributed by atoms with E-state index >= 15 is 0 Å². The number of hydrogen-bond donors (Lipinski definition) is 1. The monoisotopic (exact) mass is 208 g/mol. The topological polar surface area (TPSA) is 37.3 Å². The van der Waals surface area contributed by atoms with E-state index in [9.17, 15) is 9.18 Å². The summed E-state index contributed by atoms with van der Waals surface area (Å²) in [5.41, 5.74) is 0.807. The van der Waals surface area contributed by atoms with E-state index in [-0.39, 0.29) is 5.82 Å². The summed E-state index contributed by atoms with van der Waals surface area (Å²) in [6.45, 7) is 1.95. The van der Waals surface area contributed by atoms with Gasteiger partial charge in [-0.25, -0.2) is 4.39 Å². The molecule has 1 N–H and O–H groups in total. The molecule has 0 radical (unpaired) electrons. The van der Waals surface area contributed by atoms with E-state index in [1.807, 2.05) is 6.92 Å². The highest BCUT2D eigenvalue weighted by atomic mass is 19.1. The number of carboxylic acid groups (broad SMARTS) is 1. The van der Waals surface area contributed by atoms with Crippen molar-refractivity contribution in [3.8, 4) is 0 Å². The highest BCUT2D eigenvalue weighted by Crippen LogP contribution is 2.49. The van der Waals surface area contributed by atoms with Crippen molar-refractivity contribution in [2.75, 3.05) is 0 Å². The van der Waals surface area contributed by atoms with Crippen molar-refractivity contribution in [1.82, 2.24) is 0 Å². The van der Waals surface area contributed by atoms with Gasteiger partial charge in [-0.3, -0.25) is 4.79 Å². The maximum Gasteiger partial charge on any atom is 0.314 e. The number of rotatable bonds is 3. The van der Waals surface area contributed by atoms with Crippen LogP contribution in [0, 0.1) is 5.82 Å². The third kappa shape index (κ3) is 1.52. The summed E-state index contributed by atoms with van der Waals surface area (Å²) >= 11 is 0. The fourth-order valence-electron chi connectivity index (χ4n) is 2.03. The van der Waals surface area contributed by atoms with Crippen molar-refractivity contribution in [1.29, 1.82) is 0 Å². The van der Waals surface area contributed by atoms with E-state index in [0.29, 0.717) is 18.4 Å². The Morgan fingerprint density at radius 2 is 2.20 bits per heavy atom. The summed E-state index contributed by atoms with van der Waals surface area (Å²) in [7, 11) is 0. The van der Waals surface area contributed by atoms with Crippen LogP contribution in [0.3, 0.4) is 0 Å². The molecule has 1 saturated carbocycles. The molecule has 1 aliphatic rings. The van der Waals surface area contributed by atoms with Crippen molar-refractivity contribution in [3.05, 3.63) is 35.1 Å². The zero-order chi connectivity index (χ0) is 11.1. The van der Waals surface area contributed by atoms with Gasteiger partial charge < -0.3 is 5.11 Å². The van der Waals surface area contributed by atoms with Crippen LogP contribution in [-0.2, 0) is 16.6 Å². The average Bonchev–Trinajstić information content (AvgIpc) is 2.98. The molecule has 15 heavy (non-hydrogen) atoms. The lowest BCUT2D eigenvalue weighted by Gasteiger charge is -2.14. The Hall–Kier alpha value is -1.38. The number of carboxylic acids is 1. The maximum absolute atomic E-state index is 13.1. The normalized spacial score (nSPS) is 17.5. The first-order chi connectivity index (χ1) is 7.10. The van der Waals surface area contributed by atoms with Crippen molar-refractivity contribution in [2.45, 2.75) is 31.6 Å². The molecule has 0 saturated heterocycles. The van der Waals surface area contributed by atoms with Crippen LogP contribution < -0.4 is 0 Å². The Kier molecular flexibility index (Phi) is 2.25. The first kappa shape index (κ1) is 10.1. The molecular formula is C12H13FO2. The maximum atomic E-state index is 13.1. The average molecular weight is 208 g/mol. The van der Waals surface area contributed by atoms with Crippen LogP contribution in [0.25, 0.3) is 0 Å². The second-order valence-electron chi connectivity index (χ2n) is 4.04. The van der Waals surface area contributed by atoms with E-state index in [0.717, 1.165) is 12.0 Å². The number of aliphatic carboxylic acids is 1. The number of aryl methyl sites for hydroxylation is 1. The Balaban J connectivity index is 2.51. The van der Waals surface area contributed by atoms with Crippen molar-refractivity contribution < 1.29 is 14.3 Å². The van der Waals surface area contributed by atoms with Gasteiger partial charge in [0, 0.05) is 0 Å². The van der Waals surface area contributed by atoms with Crippen molar-refractivity contribution >= 4 is 5.97 Å². The minimum atomic E-state index is -0.831. The standard InChI is InChI=1S/C12H13FO2/c1-2-8-3-4-9(13)7-10(8)12(5-6-12)11(14)15/h3-4,7H,2,5-6H2,1H3,(H,14,15). The molecule has 80 valence electrons. The Bertz CT molecular complexity index is 408. The molecule has 3 heteroatoms. The first-order valence-corrected chi connectivity index (χ1v) is 5.12. The van der Waals surface area contributed by atoms with Crippen LogP contribution >= 0.6 is 0 Å². The molecular weight excluding hydrogens is 195 g/mol. The van der Waals surface area contributed by atoms with E-state index in [1.165, 1.54) is 12.1 Å². The summed E-state index contributed by atoms with van der Waals surface area (Å²) in [6, 6.07) is 4.45. The van der Waals surface area contributed by atoms with Gasteiger partial charge in [0.1, 0.15) is 5.82 Å². The van der Waals surface area contributed by atoms with E-state index < -0.39 is 11.4 Å². The zero-order valence-electron chi connectivity index (χ0n) is 8.59. The van der Waals surface area contributed by atoms with Gasteiger partial charge in [0.15, 0.2) is 0 Å². The van der Waals surface area contributed by atoms with Gasteiger partial charge in [-0.15, -0.1) is 0 Å². The molecule has 1 aromatic carbocycles. The second kappa shape index (κ2) is 3.33. The van der Waals surface area contributed by atoms with Crippen molar-refractivity contribution in [2.24, 2.45) is 0 Å². The number of hydrogen-bond acceptors (Lipinski definition) is 1. The molecule has 1 aliphatic carbocycles. The summed E-state index contributed by atoms with van der Waals surface area (Å²) in [5, 5.41) is 9.15. The molecule has 0 heterocycles. The van der Waals surface area contributed by atoms with Gasteiger partial charge in [0.2, 0.25) is 0 Å². The summed E-state index contributed by atoms with van der Waals surface area (Å²) in [6.07, 6.45) is 1.99. The minimum Gasteiger partial charge on any atom is -0.481 e. The van der Waals surface area contributed by atoms with Crippen LogP contribution in [0.4, 0.5) is 4.39 Å². The second-order valence-corrected chi connectivity index (χ2v) is 4.04. The highest BCUT2D eigenvalue weighted by molar-refractivity contribution is 5.85. The summed E-state index contributed by atoms with van der Waals surface area (Å²) in [5.74, 6) is -1.18. The number of carbonyl (C=O) groups is 1. The molecule has 0 unspecified atom stereocenters. The van der Waals surface area contributed by atoms with Crippen LogP contribution in [-0.4, -0.2) is 11.1 Å². The van der Waals surface area contributed by atoms with Crippen LogP contribution in [0.15, 0.2) is 18.2 Å². The molecule has 0 aliphatic heterocycles. The van der Waals surface area contributed by atoms with E-state index in [4.69, 9.17) is 5.11 Å². The lowest BCUT2D eigenvalue weighted by molar-refractivity contribution is -0.140. The van der Waals surface area contributed by atoms with Gasteiger partial charge in [0.05, 0.1) is 5.41 Å².